The molecule has 0 fully saturated rings. The largest absolute Gasteiger partial charge is 0.355 e. The van der Waals surface area contributed by atoms with E-state index >= 15 is 0 Å². The predicted molar refractivity (Wildman–Crippen MR) is 81.5 cm³/mol. The zero-order chi connectivity index (χ0) is 15.2. The van der Waals surface area contributed by atoms with Crippen LogP contribution in [0.15, 0.2) is 48.5 Å². The molecule has 0 aliphatic heterocycles. The van der Waals surface area contributed by atoms with E-state index in [2.05, 4.69) is 10.6 Å². The molecule has 2 N–H and O–H groups in total. The van der Waals surface area contributed by atoms with Gasteiger partial charge in [0, 0.05) is 25.2 Å². The van der Waals surface area contributed by atoms with Gasteiger partial charge in [-0.2, -0.15) is 0 Å². The summed E-state index contributed by atoms with van der Waals surface area (Å²) in [4.78, 5) is 11.4. The van der Waals surface area contributed by atoms with Gasteiger partial charge in [-0.15, -0.1) is 0 Å². The third-order valence-electron chi connectivity index (χ3n) is 3.40. The van der Waals surface area contributed by atoms with Gasteiger partial charge in [-0.1, -0.05) is 24.3 Å². The van der Waals surface area contributed by atoms with Gasteiger partial charge in [0.05, 0.1) is 0 Å². The third kappa shape index (κ3) is 4.13. The van der Waals surface area contributed by atoms with Crippen LogP contribution < -0.4 is 10.6 Å². The van der Waals surface area contributed by atoms with Gasteiger partial charge in [0.15, 0.2) is 0 Å². The van der Waals surface area contributed by atoms with E-state index in [9.17, 15) is 9.18 Å². The second-order valence-electron chi connectivity index (χ2n) is 4.93. The molecule has 0 radical (unpaired) electrons. The van der Waals surface area contributed by atoms with Crippen LogP contribution in [-0.2, 0) is 6.54 Å². The highest BCUT2D eigenvalue weighted by atomic mass is 19.1. The lowest BCUT2D eigenvalue weighted by atomic mass is 10.1. The molecule has 2 rings (SSSR count). The molecule has 2 aromatic rings. The van der Waals surface area contributed by atoms with Gasteiger partial charge in [0.25, 0.3) is 5.91 Å². The number of benzene rings is 2. The van der Waals surface area contributed by atoms with E-state index in [0.717, 1.165) is 11.1 Å². The molecule has 2 aromatic carbocycles. The Morgan fingerprint density at radius 1 is 1.19 bits per heavy atom. The Hall–Kier alpha value is -2.20. The predicted octanol–water partition coefficient (Wildman–Crippen LogP) is 3.04. The number of hydrogen-bond acceptors (Lipinski definition) is 2. The van der Waals surface area contributed by atoms with Crippen molar-refractivity contribution in [1.29, 1.82) is 0 Å². The van der Waals surface area contributed by atoms with Crippen molar-refractivity contribution < 1.29 is 9.18 Å². The van der Waals surface area contributed by atoms with Crippen LogP contribution in [0.1, 0.15) is 34.5 Å². The summed E-state index contributed by atoms with van der Waals surface area (Å²) in [5.41, 5.74) is 2.63. The van der Waals surface area contributed by atoms with Gasteiger partial charge in [-0.3, -0.25) is 4.79 Å². The summed E-state index contributed by atoms with van der Waals surface area (Å²) in [6.45, 7) is 2.65. The zero-order valence-electron chi connectivity index (χ0n) is 12.2. The van der Waals surface area contributed by atoms with Gasteiger partial charge < -0.3 is 10.6 Å². The van der Waals surface area contributed by atoms with E-state index in [1.54, 1.807) is 25.2 Å². The Kier molecular flexibility index (Phi) is 5.06. The van der Waals surface area contributed by atoms with Crippen molar-refractivity contribution in [2.45, 2.75) is 19.5 Å². The van der Waals surface area contributed by atoms with Crippen LogP contribution in [-0.4, -0.2) is 13.0 Å². The lowest BCUT2D eigenvalue weighted by Crippen LogP contribution is -2.19. The number of rotatable bonds is 5. The molecule has 110 valence electrons. The molecule has 3 nitrogen and oxygen atoms in total. The van der Waals surface area contributed by atoms with E-state index < -0.39 is 0 Å². The Bertz CT molecular complexity index is 610. The molecule has 21 heavy (non-hydrogen) atoms. The van der Waals surface area contributed by atoms with Gasteiger partial charge in [0.1, 0.15) is 5.82 Å². The van der Waals surface area contributed by atoms with Crippen LogP contribution in [0.25, 0.3) is 0 Å². The van der Waals surface area contributed by atoms with Crippen molar-refractivity contribution in [2.75, 3.05) is 7.05 Å². The fourth-order valence-corrected chi connectivity index (χ4v) is 2.08. The Morgan fingerprint density at radius 2 is 1.90 bits per heavy atom. The average molecular weight is 286 g/mol. The average Bonchev–Trinajstić information content (AvgIpc) is 2.52. The maximum Gasteiger partial charge on any atom is 0.251 e. The summed E-state index contributed by atoms with van der Waals surface area (Å²) in [5, 5.41) is 5.93. The summed E-state index contributed by atoms with van der Waals surface area (Å²) in [6, 6.07) is 14.0. The van der Waals surface area contributed by atoms with Crippen LogP contribution >= 0.6 is 0 Å². The monoisotopic (exact) mass is 286 g/mol. The van der Waals surface area contributed by atoms with E-state index in [4.69, 9.17) is 0 Å². The fraction of sp³-hybridized carbons (Fsp3) is 0.235. The number of nitrogens with one attached hydrogen (secondary N) is 2. The van der Waals surface area contributed by atoms with Crippen LogP contribution in [0.4, 0.5) is 4.39 Å². The quantitative estimate of drug-likeness (QED) is 0.887. The number of hydrogen-bond donors (Lipinski definition) is 2. The normalized spacial score (nSPS) is 12.0. The summed E-state index contributed by atoms with van der Waals surface area (Å²) < 4.78 is 13.2. The number of carbonyl (C=O) groups excluding carboxylic acids is 1. The summed E-state index contributed by atoms with van der Waals surface area (Å²) in [5.74, 6) is -0.321. The molecule has 0 saturated heterocycles. The second kappa shape index (κ2) is 6.99. The Morgan fingerprint density at radius 3 is 2.52 bits per heavy atom. The molecule has 0 saturated carbocycles. The standard InChI is InChI=1S/C17H19FN2O/c1-12(15-4-3-5-16(18)10-15)20-11-13-6-8-14(9-7-13)17(21)19-2/h3-10,12,20H,11H2,1-2H3,(H,19,21)/t12-/m0/s1. The smallest absolute Gasteiger partial charge is 0.251 e. The van der Waals surface area contributed by atoms with Crippen molar-refractivity contribution in [2.24, 2.45) is 0 Å². The van der Waals surface area contributed by atoms with Crippen molar-refractivity contribution in [3.05, 3.63) is 71.0 Å². The SMILES string of the molecule is CNC(=O)c1ccc(CN[C@@H](C)c2cccc(F)c2)cc1. The summed E-state index contributed by atoms with van der Waals surface area (Å²) in [6.07, 6.45) is 0. The molecule has 0 heterocycles. The highest BCUT2D eigenvalue weighted by Crippen LogP contribution is 2.14. The zero-order valence-corrected chi connectivity index (χ0v) is 12.2. The number of halogens is 1. The van der Waals surface area contributed by atoms with Gasteiger partial charge >= 0.3 is 0 Å². The van der Waals surface area contributed by atoms with Crippen LogP contribution in [0, 0.1) is 5.82 Å². The fourth-order valence-electron chi connectivity index (χ4n) is 2.08. The minimum atomic E-state index is -0.226. The van der Waals surface area contributed by atoms with Crippen molar-refractivity contribution in [1.82, 2.24) is 10.6 Å². The third-order valence-corrected chi connectivity index (χ3v) is 3.40. The van der Waals surface area contributed by atoms with E-state index in [0.29, 0.717) is 12.1 Å². The Balaban J connectivity index is 1.95. The van der Waals surface area contributed by atoms with Crippen molar-refractivity contribution in [3.63, 3.8) is 0 Å². The van der Waals surface area contributed by atoms with Crippen molar-refractivity contribution >= 4 is 5.91 Å². The lowest BCUT2D eigenvalue weighted by molar-refractivity contribution is 0.0963. The lowest BCUT2D eigenvalue weighted by Gasteiger charge is -2.14. The molecule has 1 amide bonds. The molecular formula is C17H19FN2O. The van der Waals surface area contributed by atoms with Gasteiger partial charge in [-0.05, 0) is 42.3 Å². The molecule has 0 spiro atoms. The molecule has 0 unspecified atom stereocenters. The van der Waals surface area contributed by atoms with Gasteiger partial charge in [0.2, 0.25) is 0 Å². The molecule has 0 aromatic heterocycles. The summed E-state index contributed by atoms with van der Waals surface area (Å²) in [7, 11) is 1.61. The Labute approximate surface area is 124 Å². The van der Waals surface area contributed by atoms with Crippen LogP contribution in [0.5, 0.6) is 0 Å². The first-order valence-electron chi connectivity index (χ1n) is 6.90. The van der Waals surface area contributed by atoms with Gasteiger partial charge in [-0.25, -0.2) is 4.39 Å². The maximum atomic E-state index is 13.2. The molecular weight excluding hydrogens is 267 g/mol. The summed E-state index contributed by atoms with van der Waals surface area (Å²) >= 11 is 0. The molecule has 4 heteroatoms. The molecule has 1 atom stereocenters. The van der Waals surface area contributed by atoms with Crippen LogP contribution in [0.3, 0.4) is 0 Å². The first-order valence-corrected chi connectivity index (χ1v) is 6.90. The second-order valence-corrected chi connectivity index (χ2v) is 4.93. The number of amides is 1. The van der Waals surface area contributed by atoms with E-state index in [1.165, 1.54) is 12.1 Å². The van der Waals surface area contributed by atoms with E-state index in [-0.39, 0.29) is 17.8 Å². The first kappa shape index (κ1) is 15.2. The van der Waals surface area contributed by atoms with Crippen LogP contribution in [0.2, 0.25) is 0 Å². The first-order chi connectivity index (χ1) is 10.1. The van der Waals surface area contributed by atoms with Crippen molar-refractivity contribution in [3.8, 4) is 0 Å². The van der Waals surface area contributed by atoms with E-state index in [1.807, 2.05) is 25.1 Å². The molecule has 0 aliphatic rings. The maximum absolute atomic E-state index is 13.2. The number of carbonyl (C=O) groups is 1. The molecule has 0 bridgehead atoms. The highest BCUT2D eigenvalue weighted by Gasteiger charge is 2.06. The minimum Gasteiger partial charge on any atom is -0.355 e. The topological polar surface area (TPSA) is 41.1 Å². The minimum absolute atomic E-state index is 0.0549. The molecule has 0 aliphatic carbocycles. The highest BCUT2D eigenvalue weighted by molar-refractivity contribution is 5.93.